The van der Waals surface area contributed by atoms with Gasteiger partial charge in [-0.2, -0.15) is 0 Å². The Balaban J connectivity index is 1.66. The predicted molar refractivity (Wildman–Crippen MR) is 176 cm³/mol. The van der Waals surface area contributed by atoms with E-state index >= 15 is 0 Å². The summed E-state index contributed by atoms with van der Waals surface area (Å²) in [7, 11) is 0. The fourth-order valence-electron chi connectivity index (χ4n) is 6.29. The monoisotopic (exact) mass is 514 g/mol. The molecular formula is C40H34. The second-order valence-corrected chi connectivity index (χ2v) is 11.8. The molecule has 7 aromatic carbocycles. The van der Waals surface area contributed by atoms with E-state index < -0.39 is 0 Å². The lowest BCUT2D eigenvalue weighted by Gasteiger charge is -2.21. The van der Waals surface area contributed by atoms with Crippen LogP contribution in [-0.2, 0) is 0 Å². The smallest absolute Gasteiger partial charge is 0.00260 e. The molecule has 0 radical (unpaired) electrons. The molecule has 194 valence electrons. The number of rotatable bonds is 4. The number of hydrogen-bond donors (Lipinski definition) is 0. The van der Waals surface area contributed by atoms with Crippen LogP contribution in [0.25, 0.3) is 65.3 Å². The van der Waals surface area contributed by atoms with Crippen LogP contribution < -0.4 is 0 Å². The second-order valence-electron chi connectivity index (χ2n) is 11.8. The van der Waals surface area contributed by atoms with E-state index in [-0.39, 0.29) is 0 Å². The average Bonchev–Trinajstić information content (AvgIpc) is 2.98. The van der Waals surface area contributed by atoms with E-state index in [0.717, 1.165) is 0 Å². The van der Waals surface area contributed by atoms with Gasteiger partial charge in [0, 0.05) is 0 Å². The van der Waals surface area contributed by atoms with Gasteiger partial charge in [-0.05, 0) is 100 Å². The van der Waals surface area contributed by atoms with Gasteiger partial charge < -0.3 is 0 Å². The highest BCUT2D eigenvalue weighted by atomic mass is 14.2. The molecule has 0 spiro atoms. The minimum atomic E-state index is 0.456. The molecule has 0 aromatic heterocycles. The topological polar surface area (TPSA) is 0 Å². The Morgan fingerprint density at radius 3 is 1.15 bits per heavy atom. The third-order valence-corrected chi connectivity index (χ3v) is 8.57. The zero-order valence-electron chi connectivity index (χ0n) is 23.7. The van der Waals surface area contributed by atoms with E-state index in [1.165, 1.54) is 76.5 Å². The first-order valence-corrected chi connectivity index (χ1v) is 14.5. The highest BCUT2D eigenvalue weighted by Crippen LogP contribution is 2.46. The van der Waals surface area contributed by atoms with Gasteiger partial charge in [0.25, 0.3) is 0 Å². The largest absolute Gasteiger partial charge is 0.0616 e. The van der Waals surface area contributed by atoms with Crippen molar-refractivity contribution in [3.05, 3.63) is 132 Å². The maximum absolute atomic E-state index is 2.45. The molecule has 0 saturated heterocycles. The molecule has 0 unspecified atom stereocenters. The van der Waals surface area contributed by atoms with E-state index in [9.17, 15) is 0 Å². The lowest BCUT2D eigenvalue weighted by molar-refractivity contribution is 0.868. The number of hydrogen-bond acceptors (Lipinski definition) is 0. The Labute approximate surface area is 236 Å². The van der Waals surface area contributed by atoms with Crippen molar-refractivity contribution in [2.45, 2.75) is 39.5 Å². The molecule has 0 amide bonds. The van der Waals surface area contributed by atoms with Gasteiger partial charge in [-0.3, -0.25) is 0 Å². The SMILES string of the molecule is CC(C)c1ccc2c(-c3ccc4ccccc4c3)c3cc(C(C)C)ccc3c(-c3ccc4ccccc4c3)c2c1. The molecule has 0 atom stereocenters. The summed E-state index contributed by atoms with van der Waals surface area (Å²) in [5.74, 6) is 0.911. The van der Waals surface area contributed by atoms with Gasteiger partial charge in [0.1, 0.15) is 0 Å². The van der Waals surface area contributed by atoms with Crippen LogP contribution in [0.2, 0.25) is 0 Å². The van der Waals surface area contributed by atoms with Crippen LogP contribution in [0, 0.1) is 0 Å². The fraction of sp³-hybridized carbons (Fsp3) is 0.150. The zero-order chi connectivity index (χ0) is 27.4. The molecular weight excluding hydrogens is 480 g/mol. The van der Waals surface area contributed by atoms with Crippen molar-refractivity contribution in [3.8, 4) is 22.3 Å². The Morgan fingerprint density at radius 1 is 0.350 bits per heavy atom. The van der Waals surface area contributed by atoms with E-state index in [0.29, 0.717) is 11.8 Å². The summed E-state index contributed by atoms with van der Waals surface area (Å²) in [4.78, 5) is 0. The van der Waals surface area contributed by atoms with Gasteiger partial charge in [-0.25, -0.2) is 0 Å². The first-order chi connectivity index (χ1) is 19.5. The van der Waals surface area contributed by atoms with Crippen LogP contribution in [0.4, 0.5) is 0 Å². The summed E-state index contributed by atoms with van der Waals surface area (Å²) in [6, 6.07) is 45.6. The first kappa shape index (κ1) is 24.6. The lowest BCUT2D eigenvalue weighted by Crippen LogP contribution is -1.95. The molecule has 0 aliphatic heterocycles. The van der Waals surface area contributed by atoms with Crippen LogP contribution in [0.5, 0.6) is 0 Å². The van der Waals surface area contributed by atoms with E-state index in [2.05, 4.69) is 149 Å². The molecule has 40 heavy (non-hydrogen) atoms. The van der Waals surface area contributed by atoms with Crippen molar-refractivity contribution in [1.29, 1.82) is 0 Å². The molecule has 0 aliphatic carbocycles. The van der Waals surface area contributed by atoms with Crippen molar-refractivity contribution < 1.29 is 0 Å². The quantitative estimate of drug-likeness (QED) is 0.205. The first-order valence-electron chi connectivity index (χ1n) is 14.5. The Bertz CT molecular complexity index is 1900. The van der Waals surface area contributed by atoms with Gasteiger partial charge in [0.2, 0.25) is 0 Å². The summed E-state index contributed by atoms with van der Waals surface area (Å²) in [6.07, 6.45) is 0. The van der Waals surface area contributed by atoms with E-state index in [1.54, 1.807) is 0 Å². The Kier molecular flexibility index (Phi) is 5.93. The van der Waals surface area contributed by atoms with Crippen LogP contribution in [0.3, 0.4) is 0 Å². The van der Waals surface area contributed by atoms with Crippen molar-refractivity contribution in [3.63, 3.8) is 0 Å². The van der Waals surface area contributed by atoms with Gasteiger partial charge in [-0.1, -0.05) is 137 Å². The summed E-state index contributed by atoms with van der Waals surface area (Å²) < 4.78 is 0. The maximum atomic E-state index is 2.45. The van der Waals surface area contributed by atoms with E-state index in [4.69, 9.17) is 0 Å². The average molecular weight is 515 g/mol. The summed E-state index contributed by atoms with van der Waals surface area (Å²) >= 11 is 0. The molecule has 7 aromatic rings. The van der Waals surface area contributed by atoms with Crippen molar-refractivity contribution >= 4 is 43.1 Å². The van der Waals surface area contributed by atoms with Crippen LogP contribution in [0.15, 0.2) is 121 Å². The summed E-state index contributed by atoms with van der Waals surface area (Å²) in [5.41, 5.74) is 7.96. The van der Waals surface area contributed by atoms with Crippen molar-refractivity contribution in [2.75, 3.05) is 0 Å². The lowest BCUT2D eigenvalue weighted by atomic mass is 9.83. The molecule has 0 bridgehead atoms. The molecule has 0 heterocycles. The van der Waals surface area contributed by atoms with Crippen molar-refractivity contribution in [1.82, 2.24) is 0 Å². The number of benzene rings is 7. The molecule has 0 N–H and O–H groups in total. The van der Waals surface area contributed by atoms with Crippen LogP contribution in [0.1, 0.15) is 50.7 Å². The predicted octanol–water partition coefficient (Wildman–Crippen LogP) is 11.9. The van der Waals surface area contributed by atoms with Crippen LogP contribution in [-0.4, -0.2) is 0 Å². The third-order valence-electron chi connectivity index (χ3n) is 8.57. The van der Waals surface area contributed by atoms with Crippen molar-refractivity contribution in [2.24, 2.45) is 0 Å². The molecule has 0 heteroatoms. The Hall–Kier alpha value is -4.42. The highest BCUT2D eigenvalue weighted by Gasteiger charge is 2.19. The Morgan fingerprint density at radius 2 is 0.750 bits per heavy atom. The molecule has 0 nitrogen and oxygen atoms in total. The third kappa shape index (κ3) is 4.07. The minimum Gasteiger partial charge on any atom is -0.0616 e. The van der Waals surface area contributed by atoms with Gasteiger partial charge in [0.15, 0.2) is 0 Å². The van der Waals surface area contributed by atoms with E-state index in [1.807, 2.05) is 0 Å². The normalized spacial score (nSPS) is 11.9. The van der Waals surface area contributed by atoms with Gasteiger partial charge >= 0.3 is 0 Å². The summed E-state index contributed by atoms with van der Waals surface area (Å²) in [6.45, 7) is 9.16. The molecule has 0 saturated carbocycles. The molecule has 7 rings (SSSR count). The second kappa shape index (κ2) is 9.65. The van der Waals surface area contributed by atoms with Gasteiger partial charge in [0.05, 0.1) is 0 Å². The standard InChI is InChI=1S/C40H34/c1-25(2)29-17-19-35-37(23-29)39(33-15-13-27-9-5-7-11-31(27)21-33)36-20-18-30(26(3)4)24-38(36)40(35)34-16-14-28-10-6-8-12-32(28)22-34/h5-26H,1-4H3. The number of fused-ring (bicyclic) bond motifs is 4. The minimum absolute atomic E-state index is 0.456. The molecule has 0 aliphatic rings. The summed E-state index contributed by atoms with van der Waals surface area (Å²) in [5, 5.41) is 10.4. The highest BCUT2D eigenvalue weighted by molar-refractivity contribution is 6.22. The molecule has 0 fully saturated rings. The fourth-order valence-corrected chi connectivity index (χ4v) is 6.29. The maximum Gasteiger partial charge on any atom is -0.00260 e. The van der Waals surface area contributed by atoms with Crippen LogP contribution >= 0.6 is 0 Å². The van der Waals surface area contributed by atoms with Gasteiger partial charge in [-0.15, -0.1) is 0 Å². The zero-order valence-corrected chi connectivity index (χ0v) is 23.7.